The summed E-state index contributed by atoms with van der Waals surface area (Å²) in [6.07, 6.45) is 1.16. The van der Waals surface area contributed by atoms with Gasteiger partial charge in [0.05, 0.1) is 0 Å². The van der Waals surface area contributed by atoms with Crippen molar-refractivity contribution in [3.63, 3.8) is 0 Å². The molecule has 2 aromatic rings. The molecule has 100 valence electrons. The summed E-state index contributed by atoms with van der Waals surface area (Å²) in [7, 11) is 0. The predicted octanol–water partition coefficient (Wildman–Crippen LogP) is 5.83. The minimum atomic E-state index is 0.271. The molecule has 0 aliphatic heterocycles. The predicted molar refractivity (Wildman–Crippen MR) is 85.1 cm³/mol. The van der Waals surface area contributed by atoms with Crippen LogP contribution in [0.2, 0.25) is 0 Å². The molecule has 0 aliphatic carbocycles. The van der Waals surface area contributed by atoms with E-state index in [0.717, 1.165) is 6.42 Å². The molecule has 19 heavy (non-hydrogen) atoms. The number of hydrogen-bond donors (Lipinski definition) is 0. The third-order valence-corrected chi connectivity index (χ3v) is 4.79. The summed E-state index contributed by atoms with van der Waals surface area (Å²) in [5.41, 5.74) is 3.00. The van der Waals surface area contributed by atoms with Crippen LogP contribution in [0.4, 0.5) is 0 Å². The molecule has 0 saturated carbocycles. The van der Waals surface area contributed by atoms with Crippen molar-refractivity contribution in [2.45, 2.75) is 49.3 Å². The minimum Gasteiger partial charge on any atom is -0.0901 e. The number of hydrogen-bond acceptors (Lipinski definition) is 1. The molecule has 0 unspecified atom stereocenters. The van der Waals surface area contributed by atoms with Crippen molar-refractivity contribution in [2.75, 3.05) is 0 Å². The molecule has 2 rings (SSSR count). The van der Waals surface area contributed by atoms with Crippen molar-refractivity contribution in [1.29, 1.82) is 0 Å². The Hall–Kier alpha value is -1.21. The van der Waals surface area contributed by atoms with Gasteiger partial charge < -0.3 is 0 Å². The molecule has 0 heterocycles. The molecule has 0 amide bonds. The maximum Gasteiger partial charge on any atom is 0.0122 e. The first-order chi connectivity index (χ1) is 9.01. The lowest BCUT2D eigenvalue weighted by Gasteiger charge is -2.23. The Balaban J connectivity index is 2.13. The van der Waals surface area contributed by atoms with Crippen molar-refractivity contribution in [1.82, 2.24) is 0 Å². The number of rotatable bonds is 4. The average Bonchev–Trinajstić information content (AvgIpc) is 2.42. The van der Waals surface area contributed by atoms with Crippen LogP contribution < -0.4 is 0 Å². The SMILES string of the molecule is CCC(C)(C)c1ccc(Sc2ccc(C)cc2)cc1. The number of benzene rings is 2. The minimum absolute atomic E-state index is 0.271. The smallest absolute Gasteiger partial charge is 0.0122 e. The lowest BCUT2D eigenvalue weighted by atomic mass is 9.82. The van der Waals surface area contributed by atoms with E-state index < -0.39 is 0 Å². The Bertz CT molecular complexity index is 521. The fraction of sp³-hybridized carbons (Fsp3) is 0.333. The lowest BCUT2D eigenvalue weighted by molar-refractivity contribution is 0.506. The highest BCUT2D eigenvalue weighted by Gasteiger charge is 2.17. The maximum atomic E-state index is 2.30. The van der Waals surface area contributed by atoms with E-state index >= 15 is 0 Å². The van der Waals surface area contributed by atoms with E-state index in [1.165, 1.54) is 20.9 Å². The Morgan fingerprint density at radius 1 is 0.842 bits per heavy atom. The normalized spacial score (nSPS) is 11.6. The van der Waals surface area contributed by atoms with E-state index in [9.17, 15) is 0 Å². The van der Waals surface area contributed by atoms with Crippen LogP contribution in [0.25, 0.3) is 0 Å². The van der Waals surface area contributed by atoms with Crippen molar-refractivity contribution in [3.8, 4) is 0 Å². The van der Waals surface area contributed by atoms with Crippen LogP contribution in [-0.2, 0) is 5.41 Å². The first-order valence-corrected chi connectivity index (χ1v) is 7.68. The van der Waals surface area contributed by atoms with Gasteiger partial charge in [0.1, 0.15) is 0 Å². The zero-order valence-corrected chi connectivity index (χ0v) is 13.1. The molecule has 0 aliphatic rings. The summed E-state index contributed by atoms with van der Waals surface area (Å²) >= 11 is 1.82. The Morgan fingerprint density at radius 2 is 1.32 bits per heavy atom. The van der Waals surface area contributed by atoms with Gasteiger partial charge in [0.25, 0.3) is 0 Å². The van der Waals surface area contributed by atoms with Gasteiger partial charge in [0.2, 0.25) is 0 Å². The van der Waals surface area contributed by atoms with Gasteiger partial charge in [0.15, 0.2) is 0 Å². The highest BCUT2D eigenvalue weighted by Crippen LogP contribution is 2.31. The molecule has 0 radical (unpaired) electrons. The molecule has 0 spiro atoms. The summed E-state index contributed by atoms with van der Waals surface area (Å²) in [5.74, 6) is 0. The second-order valence-corrected chi connectivity index (χ2v) is 6.82. The average molecular weight is 270 g/mol. The standard InChI is InChI=1S/C18H22S/c1-5-18(3,4)15-8-12-17(13-9-15)19-16-10-6-14(2)7-11-16/h6-13H,5H2,1-4H3. The van der Waals surface area contributed by atoms with Crippen LogP contribution in [0.1, 0.15) is 38.3 Å². The molecule has 0 fully saturated rings. The van der Waals surface area contributed by atoms with Gasteiger partial charge >= 0.3 is 0 Å². The van der Waals surface area contributed by atoms with Crippen molar-refractivity contribution >= 4 is 11.8 Å². The molecule has 2 aromatic carbocycles. The van der Waals surface area contributed by atoms with E-state index in [1.54, 1.807) is 0 Å². The van der Waals surface area contributed by atoms with Gasteiger partial charge in [-0.25, -0.2) is 0 Å². The van der Waals surface area contributed by atoms with Crippen LogP contribution in [0.3, 0.4) is 0 Å². The molecular weight excluding hydrogens is 248 g/mol. The van der Waals surface area contributed by atoms with Gasteiger partial charge in [-0.05, 0) is 48.6 Å². The highest BCUT2D eigenvalue weighted by atomic mass is 32.2. The van der Waals surface area contributed by atoms with Gasteiger partial charge in [-0.1, -0.05) is 62.4 Å². The quantitative estimate of drug-likeness (QED) is 0.673. The van der Waals surface area contributed by atoms with Crippen LogP contribution in [0.5, 0.6) is 0 Å². The molecule has 0 atom stereocenters. The summed E-state index contributed by atoms with van der Waals surface area (Å²) < 4.78 is 0. The maximum absolute atomic E-state index is 2.30. The van der Waals surface area contributed by atoms with Crippen LogP contribution in [-0.4, -0.2) is 0 Å². The number of aryl methyl sites for hydroxylation is 1. The van der Waals surface area contributed by atoms with Gasteiger partial charge in [-0.2, -0.15) is 0 Å². The first kappa shape index (κ1) is 14.2. The largest absolute Gasteiger partial charge is 0.0901 e. The topological polar surface area (TPSA) is 0 Å². The molecule has 0 nitrogen and oxygen atoms in total. The van der Waals surface area contributed by atoms with Crippen LogP contribution >= 0.6 is 11.8 Å². The lowest BCUT2D eigenvalue weighted by Crippen LogP contribution is -2.14. The van der Waals surface area contributed by atoms with Gasteiger partial charge in [-0.15, -0.1) is 0 Å². The first-order valence-electron chi connectivity index (χ1n) is 6.86. The zero-order chi connectivity index (χ0) is 13.9. The fourth-order valence-corrected chi connectivity index (χ4v) is 2.74. The van der Waals surface area contributed by atoms with E-state index in [-0.39, 0.29) is 5.41 Å². The van der Waals surface area contributed by atoms with Gasteiger partial charge in [0, 0.05) is 9.79 Å². The van der Waals surface area contributed by atoms with E-state index in [1.807, 2.05) is 11.8 Å². The third kappa shape index (κ3) is 3.63. The molecule has 0 N–H and O–H groups in total. The summed E-state index contributed by atoms with van der Waals surface area (Å²) in [4.78, 5) is 2.60. The second kappa shape index (κ2) is 5.83. The zero-order valence-electron chi connectivity index (χ0n) is 12.2. The Kier molecular flexibility index (Phi) is 4.36. The highest BCUT2D eigenvalue weighted by molar-refractivity contribution is 7.99. The van der Waals surface area contributed by atoms with Crippen LogP contribution in [0.15, 0.2) is 58.3 Å². The molecule has 0 saturated heterocycles. The molecule has 0 aromatic heterocycles. The van der Waals surface area contributed by atoms with E-state index in [4.69, 9.17) is 0 Å². The second-order valence-electron chi connectivity index (χ2n) is 5.68. The molecule has 1 heteroatoms. The Labute approximate surface area is 121 Å². The third-order valence-electron chi connectivity index (χ3n) is 3.78. The summed E-state index contributed by atoms with van der Waals surface area (Å²) in [6, 6.07) is 17.7. The summed E-state index contributed by atoms with van der Waals surface area (Å²) in [6.45, 7) is 8.97. The van der Waals surface area contributed by atoms with Gasteiger partial charge in [-0.3, -0.25) is 0 Å². The van der Waals surface area contributed by atoms with Crippen molar-refractivity contribution in [3.05, 3.63) is 59.7 Å². The van der Waals surface area contributed by atoms with E-state index in [0.29, 0.717) is 0 Å². The van der Waals surface area contributed by atoms with Crippen molar-refractivity contribution in [2.24, 2.45) is 0 Å². The van der Waals surface area contributed by atoms with Crippen molar-refractivity contribution < 1.29 is 0 Å². The fourth-order valence-electron chi connectivity index (χ4n) is 1.92. The van der Waals surface area contributed by atoms with Crippen LogP contribution in [0, 0.1) is 6.92 Å². The molecule has 0 bridgehead atoms. The molecular formula is C18H22S. The van der Waals surface area contributed by atoms with E-state index in [2.05, 4.69) is 76.2 Å². The monoisotopic (exact) mass is 270 g/mol. The Morgan fingerprint density at radius 3 is 1.79 bits per heavy atom. The summed E-state index contributed by atoms with van der Waals surface area (Å²) in [5, 5.41) is 0.